The van der Waals surface area contributed by atoms with Crippen LogP contribution in [0.3, 0.4) is 0 Å². The molecule has 0 aliphatic heterocycles. The Hall–Kier alpha value is -1.95. The van der Waals surface area contributed by atoms with E-state index in [1.165, 1.54) is 0 Å². The van der Waals surface area contributed by atoms with E-state index in [0.29, 0.717) is 18.4 Å². The Bertz CT molecular complexity index is 794. The molecule has 2 aromatic rings. The molecule has 0 aliphatic rings. The van der Waals surface area contributed by atoms with Crippen LogP contribution in [0.1, 0.15) is 30.6 Å². The minimum Gasteiger partial charge on any atom is -0.386 e. The fraction of sp³-hybridized carbons (Fsp3) is 0.333. The Morgan fingerprint density at radius 3 is 2.04 bits per heavy atom. The summed E-state index contributed by atoms with van der Waals surface area (Å²) >= 11 is 10.9. The molecule has 2 aromatic carbocycles. The number of alkyl halides is 3. The number of benzene rings is 2. The van der Waals surface area contributed by atoms with Crippen molar-refractivity contribution in [3.05, 3.63) is 59.7 Å². The molecule has 0 fully saturated rings. The van der Waals surface area contributed by atoms with Crippen LogP contribution in [0.5, 0.6) is 0 Å². The van der Waals surface area contributed by atoms with Crippen molar-refractivity contribution < 1.29 is 19.1 Å². The highest BCUT2D eigenvalue weighted by molar-refractivity contribution is 6.53. The highest BCUT2D eigenvalue weighted by Crippen LogP contribution is 2.24. The van der Waals surface area contributed by atoms with Gasteiger partial charge in [0.1, 0.15) is 18.6 Å². The number of Topliss-reactive ketones (excluding diaryl/α,β-unsaturated/α-hetero) is 1. The normalized spacial score (nSPS) is 13.2. The number of aryl methyl sites for hydroxylation is 1. The van der Waals surface area contributed by atoms with Gasteiger partial charge in [-0.05, 0) is 35.6 Å². The first-order valence-corrected chi connectivity index (χ1v) is 9.70. The van der Waals surface area contributed by atoms with Gasteiger partial charge in [0.05, 0.1) is 6.04 Å². The molecule has 0 aliphatic carbocycles. The number of nitrogens with one attached hydrogen (secondary N) is 1. The standard InChI is InChI=1S/C21H22Cl2FNO3/c1-13(26)2-3-14-4-6-15(7-5-14)16-8-10-17(11-9-16)19(27)18(12-24)25-21(28)20(22)23/h4-11,18-20,27H,2-3,12H2,1H3,(H,25,28)/t18-,19-/m1/s1. The predicted molar refractivity (Wildman–Crippen MR) is 109 cm³/mol. The molecule has 0 saturated heterocycles. The number of hydrogen-bond donors (Lipinski definition) is 2. The molecule has 4 nitrogen and oxygen atoms in total. The van der Waals surface area contributed by atoms with E-state index in [0.717, 1.165) is 16.7 Å². The zero-order valence-electron chi connectivity index (χ0n) is 15.4. The topological polar surface area (TPSA) is 66.4 Å². The summed E-state index contributed by atoms with van der Waals surface area (Å²) in [6.07, 6.45) is -0.00128. The lowest BCUT2D eigenvalue weighted by Gasteiger charge is -2.22. The molecule has 2 rings (SSSR count). The Morgan fingerprint density at radius 1 is 1.04 bits per heavy atom. The number of aliphatic hydroxyl groups is 1. The highest BCUT2D eigenvalue weighted by atomic mass is 35.5. The second-order valence-corrected chi connectivity index (χ2v) is 7.63. The van der Waals surface area contributed by atoms with Crippen molar-refractivity contribution >= 4 is 34.9 Å². The maximum atomic E-state index is 13.2. The summed E-state index contributed by atoms with van der Waals surface area (Å²) in [7, 11) is 0. The monoisotopic (exact) mass is 425 g/mol. The van der Waals surface area contributed by atoms with Crippen molar-refractivity contribution in [1.29, 1.82) is 0 Å². The summed E-state index contributed by atoms with van der Waals surface area (Å²) in [5.74, 6) is -0.597. The zero-order chi connectivity index (χ0) is 20.7. The number of halogens is 3. The Balaban J connectivity index is 2.07. The van der Waals surface area contributed by atoms with Gasteiger partial charge in [0, 0.05) is 6.42 Å². The van der Waals surface area contributed by atoms with Crippen LogP contribution in [-0.2, 0) is 16.0 Å². The zero-order valence-corrected chi connectivity index (χ0v) is 16.9. The van der Waals surface area contributed by atoms with Crippen LogP contribution in [-0.4, -0.2) is 34.3 Å². The van der Waals surface area contributed by atoms with Gasteiger partial charge in [-0.2, -0.15) is 0 Å². The summed E-state index contributed by atoms with van der Waals surface area (Å²) in [6, 6.07) is 13.7. The fourth-order valence-electron chi connectivity index (χ4n) is 2.74. The van der Waals surface area contributed by atoms with E-state index in [1.54, 1.807) is 19.1 Å². The number of amides is 1. The van der Waals surface area contributed by atoms with Gasteiger partial charge >= 0.3 is 0 Å². The van der Waals surface area contributed by atoms with Gasteiger partial charge in [-0.15, -0.1) is 0 Å². The molecular formula is C21H22Cl2FNO3. The van der Waals surface area contributed by atoms with Crippen LogP contribution in [0.2, 0.25) is 0 Å². The van der Waals surface area contributed by atoms with Gasteiger partial charge in [-0.1, -0.05) is 71.7 Å². The van der Waals surface area contributed by atoms with Crippen LogP contribution >= 0.6 is 23.2 Å². The van der Waals surface area contributed by atoms with Crippen LogP contribution < -0.4 is 5.32 Å². The first-order chi connectivity index (χ1) is 13.3. The van der Waals surface area contributed by atoms with Crippen LogP contribution in [0.4, 0.5) is 4.39 Å². The third kappa shape index (κ3) is 6.30. The maximum Gasteiger partial charge on any atom is 0.253 e. The molecular weight excluding hydrogens is 404 g/mol. The Kier molecular flexibility index (Phi) is 8.42. The fourth-order valence-corrected chi connectivity index (χ4v) is 2.86. The van der Waals surface area contributed by atoms with Gasteiger partial charge in [-0.25, -0.2) is 4.39 Å². The summed E-state index contributed by atoms with van der Waals surface area (Å²) in [5.41, 5.74) is 3.46. The molecule has 150 valence electrons. The van der Waals surface area contributed by atoms with Gasteiger partial charge in [-0.3, -0.25) is 4.79 Å². The van der Waals surface area contributed by atoms with E-state index < -0.39 is 29.6 Å². The molecule has 0 bridgehead atoms. The van der Waals surface area contributed by atoms with Gasteiger partial charge in [0.25, 0.3) is 5.91 Å². The Morgan fingerprint density at radius 2 is 1.57 bits per heavy atom. The molecule has 28 heavy (non-hydrogen) atoms. The van der Waals surface area contributed by atoms with Crippen LogP contribution in [0, 0.1) is 0 Å². The molecule has 1 amide bonds. The van der Waals surface area contributed by atoms with Crippen LogP contribution in [0.25, 0.3) is 11.1 Å². The van der Waals surface area contributed by atoms with Gasteiger partial charge in [0.15, 0.2) is 4.84 Å². The second kappa shape index (κ2) is 10.6. The molecule has 0 radical (unpaired) electrons. The van der Waals surface area contributed by atoms with E-state index in [1.807, 2.05) is 36.4 Å². The van der Waals surface area contributed by atoms with Crippen molar-refractivity contribution in [3.8, 4) is 11.1 Å². The van der Waals surface area contributed by atoms with E-state index in [9.17, 15) is 19.1 Å². The molecule has 0 saturated carbocycles. The first-order valence-electron chi connectivity index (χ1n) is 8.83. The minimum atomic E-state index is -1.33. The molecule has 2 atom stereocenters. The van der Waals surface area contributed by atoms with Crippen molar-refractivity contribution in [2.75, 3.05) is 6.67 Å². The molecule has 0 aromatic heterocycles. The maximum absolute atomic E-state index is 13.2. The average molecular weight is 426 g/mol. The largest absolute Gasteiger partial charge is 0.386 e. The number of ketones is 1. The third-order valence-corrected chi connectivity index (χ3v) is 4.77. The van der Waals surface area contributed by atoms with E-state index in [4.69, 9.17) is 23.2 Å². The van der Waals surface area contributed by atoms with Crippen molar-refractivity contribution in [1.82, 2.24) is 5.32 Å². The van der Waals surface area contributed by atoms with E-state index in [-0.39, 0.29) is 5.78 Å². The molecule has 0 spiro atoms. The van der Waals surface area contributed by atoms with Crippen molar-refractivity contribution in [3.63, 3.8) is 0 Å². The predicted octanol–water partition coefficient (Wildman–Crippen LogP) is 4.17. The number of carbonyl (C=O) groups is 2. The number of aliphatic hydroxyl groups excluding tert-OH is 1. The molecule has 0 unspecified atom stereocenters. The van der Waals surface area contributed by atoms with Gasteiger partial charge in [0.2, 0.25) is 0 Å². The van der Waals surface area contributed by atoms with Crippen molar-refractivity contribution in [2.24, 2.45) is 0 Å². The third-order valence-electron chi connectivity index (χ3n) is 4.38. The smallest absolute Gasteiger partial charge is 0.253 e. The number of carbonyl (C=O) groups excluding carboxylic acids is 2. The van der Waals surface area contributed by atoms with E-state index in [2.05, 4.69) is 5.32 Å². The second-order valence-electron chi connectivity index (χ2n) is 6.54. The molecule has 7 heteroatoms. The van der Waals surface area contributed by atoms with E-state index >= 15 is 0 Å². The summed E-state index contributed by atoms with van der Waals surface area (Å²) < 4.78 is 13.2. The minimum absolute atomic E-state index is 0.161. The summed E-state index contributed by atoms with van der Waals surface area (Å²) in [4.78, 5) is 21.3. The lowest BCUT2D eigenvalue weighted by Crippen LogP contribution is -2.43. The number of hydrogen-bond acceptors (Lipinski definition) is 3. The lowest BCUT2D eigenvalue weighted by molar-refractivity contribution is -0.121. The summed E-state index contributed by atoms with van der Waals surface area (Å²) in [5, 5.41) is 12.6. The quantitative estimate of drug-likeness (QED) is 0.592. The molecule has 0 heterocycles. The summed E-state index contributed by atoms with van der Waals surface area (Å²) in [6.45, 7) is 0.615. The van der Waals surface area contributed by atoms with Gasteiger partial charge < -0.3 is 15.2 Å². The number of rotatable bonds is 9. The first kappa shape index (κ1) is 22.3. The highest BCUT2D eigenvalue weighted by Gasteiger charge is 2.25. The average Bonchev–Trinajstić information content (AvgIpc) is 2.70. The van der Waals surface area contributed by atoms with Crippen LogP contribution in [0.15, 0.2) is 48.5 Å². The SMILES string of the molecule is CC(=O)CCc1ccc(-c2ccc([C@@H](O)[C@@H](CF)NC(=O)C(Cl)Cl)cc2)cc1. The molecule has 2 N–H and O–H groups in total. The van der Waals surface area contributed by atoms with Crippen molar-refractivity contribution in [2.45, 2.75) is 36.7 Å². The lowest BCUT2D eigenvalue weighted by atomic mass is 9.97. The Labute approximate surface area is 173 Å².